The molecule has 1 atom stereocenters. The summed E-state index contributed by atoms with van der Waals surface area (Å²) in [6.45, 7) is 0. The second-order valence-electron chi connectivity index (χ2n) is 6.44. The number of nitrogens with zero attached hydrogens (tertiary/aromatic N) is 5. The van der Waals surface area contributed by atoms with Gasteiger partial charge in [0.1, 0.15) is 11.2 Å². The molecule has 0 saturated carbocycles. The van der Waals surface area contributed by atoms with Gasteiger partial charge in [-0.25, -0.2) is 4.98 Å². The number of rotatable bonds is 6. The standard InChI is InChI=1S/C20H17N5O6S/c1-29-12-6-10(7-13(30-2)18(12)31-3)15-14(16(26)11-8-21-4-5-22-11)17(27)19(28)25(15)20-24-23-9-32-20/h4-9,15,26H,1-3H3/b16-14+. The van der Waals surface area contributed by atoms with Crippen molar-refractivity contribution in [3.05, 3.63) is 53.1 Å². The molecular formula is C20H17N5O6S. The molecule has 11 nitrogen and oxygen atoms in total. The van der Waals surface area contributed by atoms with Gasteiger partial charge in [0, 0.05) is 12.4 Å². The Balaban J connectivity index is 2.00. The molecule has 4 rings (SSSR count). The Hall–Kier alpha value is -4.06. The molecule has 3 heterocycles. The average Bonchev–Trinajstić information content (AvgIpc) is 3.44. The molecule has 0 radical (unpaired) electrons. The molecule has 1 aliphatic heterocycles. The van der Waals surface area contributed by atoms with Gasteiger partial charge in [0.2, 0.25) is 10.9 Å². The van der Waals surface area contributed by atoms with Crippen LogP contribution >= 0.6 is 11.3 Å². The van der Waals surface area contributed by atoms with Gasteiger partial charge < -0.3 is 19.3 Å². The third kappa shape index (κ3) is 3.39. The molecular weight excluding hydrogens is 438 g/mol. The SMILES string of the molecule is COc1cc(C2/C(=C(\O)c3cnccn3)C(=O)C(=O)N2c2nncs2)cc(OC)c1OC. The highest BCUT2D eigenvalue weighted by molar-refractivity contribution is 7.13. The fraction of sp³-hybridized carbons (Fsp3) is 0.200. The summed E-state index contributed by atoms with van der Waals surface area (Å²) in [6.07, 6.45) is 4.08. The van der Waals surface area contributed by atoms with Crippen molar-refractivity contribution in [3.8, 4) is 17.2 Å². The maximum Gasteiger partial charge on any atom is 0.301 e. The maximum atomic E-state index is 13.1. The zero-order chi connectivity index (χ0) is 22.8. The summed E-state index contributed by atoms with van der Waals surface area (Å²) in [5.74, 6) is -1.29. The van der Waals surface area contributed by atoms with Gasteiger partial charge in [-0.3, -0.25) is 19.5 Å². The van der Waals surface area contributed by atoms with Gasteiger partial charge in [0.25, 0.3) is 5.78 Å². The lowest BCUT2D eigenvalue weighted by molar-refractivity contribution is -0.132. The van der Waals surface area contributed by atoms with Crippen molar-refractivity contribution < 1.29 is 28.9 Å². The molecule has 12 heteroatoms. The van der Waals surface area contributed by atoms with E-state index in [1.807, 2.05) is 0 Å². The number of carbonyl (C=O) groups is 2. The molecule has 1 unspecified atom stereocenters. The van der Waals surface area contributed by atoms with Gasteiger partial charge >= 0.3 is 5.91 Å². The van der Waals surface area contributed by atoms with Crippen molar-refractivity contribution in [3.63, 3.8) is 0 Å². The Morgan fingerprint density at radius 2 is 1.81 bits per heavy atom. The molecule has 1 fully saturated rings. The first-order valence-corrected chi connectivity index (χ1v) is 10.0. The highest BCUT2D eigenvalue weighted by Crippen LogP contribution is 2.47. The van der Waals surface area contributed by atoms with E-state index in [9.17, 15) is 14.7 Å². The van der Waals surface area contributed by atoms with E-state index in [0.29, 0.717) is 22.8 Å². The van der Waals surface area contributed by atoms with E-state index < -0.39 is 23.5 Å². The number of methoxy groups -OCH3 is 3. The van der Waals surface area contributed by atoms with E-state index >= 15 is 0 Å². The van der Waals surface area contributed by atoms with Gasteiger partial charge in [-0.2, -0.15) is 0 Å². The molecule has 1 aliphatic rings. The van der Waals surface area contributed by atoms with Crippen LogP contribution in [0.3, 0.4) is 0 Å². The normalized spacial score (nSPS) is 17.5. The molecule has 164 valence electrons. The van der Waals surface area contributed by atoms with Crippen LogP contribution in [0.15, 0.2) is 41.8 Å². The maximum absolute atomic E-state index is 13.1. The first-order chi connectivity index (χ1) is 15.5. The molecule has 3 aromatic rings. The monoisotopic (exact) mass is 455 g/mol. The van der Waals surface area contributed by atoms with Crippen LogP contribution in [0.4, 0.5) is 5.13 Å². The molecule has 0 aliphatic carbocycles. The number of amides is 1. The molecule has 0 spiro atoms. The Labute approximate surface area is 185 Å². The number of ketones is 1. The van der Waals surface area contributed by atoms with Crippen LogP contribution in [-0.2, 0) is 9.59 Å². The van der Waals surface area contributed by atoms with Crippen molar-refractivity contribution >= 4 is 33.9 Å². The predicted octanol–water partition coefficient (Wildman–Crippen LogP) is 1.98. The molecule has 1 aromatic carbocycles. The first-order valence-electron chi connectivity index (χ1n) is 9.15. The predicted molar refractivity (Wildman–Crippen MR) is 113 cm³/mol. The summed E-state index contributed by atoms with van der Waals surface area (Å²) >= 11 is 1.07. The highest BCUT2D eigenvalue weighted by atomic mass is 32.1. The van der Waals surface area contributed by atoms with Crippen LogP contribution < -0.4 is 19.1 Å². The fourth-order valence-electron chi connectivity index (χ4n) is 3.44. The van der Waals surface area contributed by atoms with E-state index in [1.165, 1.54) is 50.3 Å². The van der Waals surface area contributed by atoms with Crippen LogP contribution in [0.1, 0.15) is 17.3 Å². The summed E-state index contributed by atoms with van der Waals surface area (Å²) in [5, 5.41) is 18.9. The minimum Gasteiger partial charge on any atom is -0.505 e. The van der Waals surface area contributed by atoms with E-state index in [0.717, 1.165) is 11.3 Å². The Kier molecular flexibility index (Phi) is 5.69. The quantitative estimate of drug-likeness (QED) is 0.334. The van der Waals surface area contributed by atoms with E-state index in [2.05, 4.69) is 20.2 Å². The van der Waals surface area contributed by atoms with E-state index in [4.69, 9.17) is 14.2 Å². The molecule has 0 bridgehead atoms. The smallest absolute Gasteiger partial charge is 0.301 e. The molecule has 1 N–H and O–H groups in total. The number of aliphatic hydroxyl groups excluding tert-OH is 1. The van der Waals surface area contributed by atoms with E-state index in [1.54, 1.807) is 12.1 Å². The second-order valence-corrected chi connectivity index (χ2v) is 7.25. The fourth-order valence-corrected chi connectivity index (χ4v) is 4.02. The van der Waals surface area contributed by atoms with Gasteiger partial charge in [0.05, 0.1) is 39.1 Å². The van der Waals surface area contributed by atoms with Gasteiger partial charge in [-0.15, -0.1) is 10.2 Å². The lowest BCUT2D eigenvalue weighted by atomic mass is 9.96. The second kappa shape index (κ2) is 8.59. The minimum atomic E-state index is -1.06. The van der Waals surface area contributed by atoms with Crippen LogP contribution in [-0.4, -0.2) is 58.3 Å². The number of anilines is 1. The largest absolute Gasteiger partial charge is 0.505 e. The summed E-state index contributed by atoms with van der Waals surface area (Å²) in [7, 11) is 4.35. The summed E-state index contributed by atoms with van der Waals surface area (Å²) in [5.41, 5.74) is 1.71. The average molecular weight is 455 g/mol. The number of aliphatic hydroxyl groups is 1. The highest BCUT2D eigenvalue weighted by Gasteiger charge is 2.48. The first kappa shape index (κ1) is 21.2. The summed E-state index contributed by atoms with van der Waals surface area (Å²) in [4.78, 5) is 35.2. The zero-order valence-electron chi connectivity index (χ0n) is 17.2. The third-order valence-corrected chi connectivity index (χ3v) is 5.50. The third-order valence-electron chi connectivity index (χ3n) is 4.81. The minimum absolute atomic E-state index is 0.0419. The molecule has 1 amide bonds. The number of aromatic nitrogens is 4. The van der Waals surface area contributed by atoms with Crippen molar-refractivity contribution in [1.29, 1.82) is 0 Å². The van der Waals surface area contributed by atoms with Crippen molar-refractivity contribution in [2.45, 2.75) is 6.04 Å². The number of hydrogen-bond acceptors (Lipinski definition) is 11. The lowest BCUT2D eigenvalue weighted by Gasteiger charge is -2.24. The zero-order valence-corrected chi connectivity index (χ0v) is 18.0. The molecule has 2 aromatic heterocycles. The van der Waals surface area contributed by atoms with Crippen LogP contribution in [0, 0.1) is 0 Å². The number of ether oxygens (including phenoxy) is 3. The van der Waals surface area contributed by atoms with E-state index in [-0.39, 0.29) is 16.4 Å². The molecule has 1 saturated heterocycles. The lowest BCUT2D eigenvalue weighted by Crippen LogP contribution is -2.29. The van der Waals surface area contributed by atoms with Crippen molar-refractivity contribution in [1.82, 2.24) is 20.2 Å². The number of Topliss-reactive ketones (excluding diaryl/α,β-unsaturated/α-hetero) is 1. The van der Waals surface area contributed by atoms with Gasteiger partial charge in [-0.1, -0.05) is 11.3 Å². The summed E-state index contributed by atoms with van der Waals surface area (Å²) in [6, 6.07) is 2.13. The van der Waals surface area contributed by atoms with Crippen molar-refractivity contribution in [2.24, 2.45) is 0 Å². The number of benzene rings is 1. The number of carbonyl (C=O) groups excluding carboxylic acids is 2. The van der Waals surface area contributed by atoms with Crippen molar-refractivity contribution in [2.75, 3.05) is 26.2 Å². The Bertz CT molecular complexity index is 1170. The number of hydrogen-bond donors (Lipinski definition) is 1. The molecule has 32 heavy (non-hydrogen) atoms. The van der Waals surface area contributed by atoms with Crippen LogP contribution in [0.5, 0.6) is 17.2 Å². The Morgan fingerprint density at radius 1 is 1.09 bits per heavy atom. The van der Waals surface area contributed by atoms with Gasteiger partial charge in [0.15, 0.2) is 17.3 Å². The van der Waals surface area contributed by atoms with Crippen LogP contribution in [0.25, 0.3) is 5.76 Å². The topological polar surface area (TPSA) is 137 Å². The van der Waals surface area contributed by atoms with Crippen LogP contribution in [0.2, 0.25) is 0 Å². The Morgan fingerprint density at radius 3 is 2.34 bits per heavy atom. The summed E-state index contributed by atoms with van der Waals surface area (Å²) < 4.78 is 16.2. The van der Waals surface area contributed by atoms with Gasteiger partial charge in [-0.05, 0) is 17.7 Å².